The van der Waals surface area contributed by atoms with Gasteiger partial charge in [-0.2, -0.15) is 0 Å². The number of methoxy groups -OCH3 is 1. The zero-order valence-electron chi connectivity index (χ0n) is 11.6. The fraction of sp³-hybridized carbons (Fsp3) is 0.429. The number of esters is 1. The fourth-order valence-electron chi connectivity index (χ4n) is 1.73. The molecule has 0 aromatic heterocycles. The molecular weight excluding hydrogens is 268 g/mol. The largest absolute Gasteiger partial charge is 0.465 e. The van der Waals surface area contributed by atoms with Crippen LogP contribution in [0.3, 0.4) is 0 Å². The van der Waals surface area contributed by atoms with E-state index in [0.717, 1.165) is 19.6 Å². The number of carbonyl (C=O) groups is 2. The summed E-state index contributed by atoms with van der Waals surface area (Å²) in [5.41, 5.74) is -0.660. The molecule has 0 saturated heterocycles. The van der Waals surface area contributed by atoms with Crippen LogP contribution in [-0.4, -0.2) is 19.0 Å². The van der Waals surface area contributed by atoms with Gasteiger partial charge in [-0.05, 0) is 12.5 Å². The second-order valence-electron chi connectivity index (χ2n) is 4.48. The van der Waals surface area contributed by atoms with Gasteiger partial charge in [0.15, 0.2) is 0 Å². The molecule has 1 N–H and O–H groups in total. The molecule has 0 fully saturated rings. The number of amides is 1. The molecule has 0 aliphatic heterocycles. The number of benzene rings is 1. The van der Waals surface area contributed by atoms with Gasteiger partial charge in [-0.25, -0.2) is 13.6 Å². The first-order valence-electron chi connectivity index (χ1n) is 6.28. The Morgan fingerprint density at radius 2 is 1.95 bits per heavy atom. The van der Waals surface area contributed by atoms with Gasteiger partial charge in [-0.3, -0.25) is 4.79 Å². The first-order valence-corrected chi connectivity index (χ1v) is 6.28. The van der Waals surface area contributed by atoms with Crippen molar-refractivity contribution in [1.82, 2.24) is 0 Å². The second-order valence-corrected chi connectivity index (χ2v) is 4.48. The molecule has 0 bridgehead atoms. The highest BCUT2D eigenvalue weighted by molar-refractivity contribution is 5.95. The van der Waals surface area contributed by atoms with E-state index in [9.17, 15) is 18.4 Å². The highest BCUT2D eigenvalue weighted by Crippen LogP contribution is 2.21. The SMILES string of the molecule is CCCC(C)C(=O)Nc1cc(C(=O)OC)c(F)cc1F. The fourth-order valence-corrected chi connectivity index (χ4v) is 1.73. The Morgan fingerprint density at radius 1 is 1.30 bits per heavy atom. The molecule has 4 nitrogen and oxygen atoms in total. The lowest BCUT2D eigenvalue weighted by Crippen LogP contribution is -2.21. The first kappa shape index (κ1) is 16.1. The Balaban J connectivity index is 3.01. The summed E-state index contributed by atoms with van der Waals surface area (Å²) >= 11 is 0. The summed E-state index contributed by atoms with van der Waals surface area (Å²) < 4.78 is 31.4. The highest BCUT2D eigenvalue weighted by Gasteiger charge is 2.19. The van der Waals surface area contributed by atoms with E-state index in [1.54, 1.807) is 6.92 Å². The maximum Gasteiger partial charge on any atom is 0.340 e. The molecular formula is C14H17F2NO3. The number of carbonyl (C=O) groups excluding carboxylic acids is 2. The molecule has 0 radical (unpaired) electrons. The van der Waals surface area contributed by atoms with Gasteiger partial charge >= 0.3 is 5.97 Å². The number of rotatable bonds is 5. The molecule has 0 spiro atoms. The normalized spacial score (nSPS) is 11.8. The number of nitrogens with one attached hydrogen (secondary N) is 1. The maximum atomic E-state index is 13.6. The summed E-state index contributed by atoms with van der Waals surface area (Å²) in [7, 11) is 1.09. The Kier molecular flexibility index (Phi) is 5.61. The molecule has 1 amide bonds. The van der Waals surface area contributed by atoms with Gasteiger partial charge in [0, 0.05) is 12.0 Å². The lowest BCUT2D eigenvalue weighted by atomic mass is 10.1. The van der Waals surface area contributed by atoms with Crippen molar-refractivity contribution in [2.45, 2.75) is 26.7 Å². The van der Waals surface area contributed by atoms with E-state index in [0.29, 0.717) is 12.5 Å². The third-order valence-electron chi connectivity index (χ3n) is 2.89. The molecule has 20 heavy (non-hydrogen) atoms. The van der Waals surface area contributed by atoms with Crippen LogP contribution in [0.5, 0.6) is 0 Å². The lowest BCUT2D eigenvalue weighted by molar-refractivity contribution is -0.119. The molecule has 1 atom stereocenters. The van der Waals surface area contributed by atoms with E-state index in [2.05, 4.69) is 10.1 Å². The van der Waals surface area contributed by atoms with Crippen molar-refractivity contribution in [2.75, 3.05) is 12.4 Å². The smallest absolute Gasteiger partial charge is 0.340 e. The van der Waals surface area contributed by atoms with Crippen LogP contribution in [0, 0.1) is 17.6 Å². The third kappa shape index (κ3) is 3.76. The quantitative estimate of drug-likeness (QED) is 0.846. The van der Waals surface area contributed by atoms with Crippen molar-refractivity contribution in [2.24, 2.45) is 5.92 Å². The molecule has 1 unspecified atom stereocenters. The van der Waals surface area contributed by atoms with Crippen LogP contribution < -0.4 is 5.32 Å². The summed E-state index contributed by atoms with van der Waals surface area (Å²) in [5.74, 6) is -3.58. The van der Waals surface area contributed by atoms with E-state index in [4.69, 9.17) is 0 Å². The molecule has 110 valence electrons. The van der Waals surface area contributed by atoms with Gasteiger partial charge in [-0.1, -0.05) is 20.3 Å². The van der Waals surface area contributed by atoms with Gasteiger partial charge in [0.2, 0.25) is 5.91 Å². The zero-order valence-corrected chi connectivity index (χ0v) is 11.6. The monoisotopic (exact) mass is 285 g/mol. The predicted molar refractivity (Wildman–Crippen MR) is 70.4 cm³/mol. The molecule has 0 heterocycles. The van der Waals surface area contributed by atoms with Crippen LogP contribution in [0.1, 0.15) is 37.0 Å². The zero-order chi connectivity index (χ0) is 15.3. The van der Waals surface area contributed by atoms with Crippen LogP contribution in [0.15, 0.2) is 12.1 Å². The number of hydrogen-bond acceptors (Lipinski definition) is 3. The van der Waals surface area contributed by atoms with Crippen LogP contribution in [0.25, 0.3) is 0 Å². The van der Waals surface area contributed by atoms with Gasteiger partial charge in [0.1, 0.15) is 11.6 Å². The Hall–Kier alpha value is -1.98. The summed E-state index contributed by atoms with van der Waals surface area (Å²) in [4.78, 5) is 23.1. The van der Waals surface area contributed by atoms with Gasteiger partial charge in [0.25, 0.3) is 0 Å². The summed E-state index contributed by atoms with van der Waals surface area (Å²) in [5, 5.41) is 2.35. The van der Waals surface area contributed by atoms with Crippen molar-refractivity contribution in [3.05, 3.63) is 29.3 Å². The summed E-state index contributed by atoms with van der Waals surface area (Å²) in [6.07, 6.45) is 1.46. The minimum atomic E-state index is -1.03. The van der Waals surface area contributed by atoms with E-state index in [1.165, 1.54) is 0 Å². The van der Waals surface area contributed by atoms with Crippen LogP contribution >= 0.6 is 0 Å². The summed E-state index contributed by atoms with van der Waals surface area (Å²) in [6, 6.07) is 1.49. The summed E-state index contributed by atoms with van der Waals surface area (Å²) in [6.45, 7) is 3.64. The van der Waals surface area contributed by atoms with Crippen LogP contribution in [0.4, 0.5) is 14.5 Å². The minimum Gasteiger partial charge on any atom is -0.465 e. The Morgan fingerprint density at radius 3 is 2.50 bits per heavy atom. The second kappa shape index (κ2) is 6.98. The van der Waals surface area contributed by atoms with Crippen molar-refractivity contribution >= 4 is 17.6 Å². The van der Waals surface area contributed by atoms with Gasteiger partial charge in [0.05, 0.1) is 18.4 Å². The van der Waals surface area contributed by atoms with Crippen LogP contribution in [0.2, 0.25) is 0 Å². The van der Waals surface area contributed by atoms with E-state index < -0.39 is 23.2 Å². The molecule has 1 aromatic carbocycles. The molecule has 6 heteroatoms. The van der Waals surface area contributed by atoms with E-state index in [1.807, 2.05) is 6.92 Å². The van der Waals surface area contributed by atoms with Crippen molar-refractivity contribution < 1.29 is 23.1 Å². The predicted octanol–water partition coefficient (Wildman–Crippen LogP) is 3.13. The average molecular weight is 285 g/mol. The van der Waals surface area contributed by atoms with E-state index in [-0.39, 0.29) is 17.5 Å². The average Bonchev–Trinajstić information content (AvgIpc) is 2.41. The van der Waals surface area contributed by atoms with Crippen molar-refractivity contribution in [3.8, 4) is 0 Å². The third-order valence-corrected chi connectivity index (χ3v) is 2.89. The lowest BCUT2D eigenvalue weighted by Gasteiger charge is -2.13. The number of halogens is 2. The molecule has 0 aliphatic carbocycles. The molecule has 0 aliphatic rings. The van der Waals surface area contributed by atoms with Gasteiger partial charge < -0.3 is 10.1 Å². The highest BCUT2D eigenvalue weighted by atomic mass is 19.1. The minimum absolute atomic E-state index is 0.236. The van der Waals surface area contributed by atoms with Gasteiger partial charge in [-0.15, -0.1) is 0 Å². The molecule has 1 aromatic rings. The van der Waals surface area contributed by atoms with Crippen molar-refractivity contribution in [1.29, 1.82) is 0 Å². The Labute approximate surface area is 116 Å². The molecule has 1 rings (SSSR count). The Bertz CT molecular complexity index is 517. The van der Waals surface area contributed by atoms with E-state index >= 15 is 0 Å². The van der Waals surface area contributed by atoms with Crippen molar-refractivity contribution in [3.63, 3.8) is 0 Å². The van der Waals surface area contributed by atoms with Crippen LogP contribution in [-0.2, 0) is 9.53 Å². The molecule has 0 saturated carbocycles. The standard InChI is InChI=1S/C14H17F2NO3/c1-4-5-8(2)13(18)17-12-6-9(14(19)20-3)10(15)7-11(12)16/h6-8H,4-5H2,1-3H3,(H,17,18). The maximum absolute atomic E-state index is 13.6. The number of hydrogen-bond donors (Lipinski definition) is 1. The number of anilines is 1. The first-order chi connectivity index (χ1) is 9.40. The number of ether oxygens (including phenoxy) is 1. The topological polar surface area (TPSA) is 55.4 Å².